The Morgan fingerprint density at radius 2 is 2.24 bits per heavy atom. The van der Waals surface area contributed by atoms with E-state index >= 15 is 0 Å². The molecule has 1 fully saturated rings. The molecule has 17 heavy (non-hydrogen) atoms. The molecule has 0 saturated carbocycles. The molecule has 1 aromatic rings. The van der Waals surface area contributed by atoms with Gasteiger partial charge in [0.05, 0.1) is 6.42 Å². The largest absolute Gasteiger partial charge is 0.339 e. The molecule has 5 heteroatoms. The standard InChI is InChI=1S/C12H19N3O2/c1-2-15-6-3-10(4-7-15)9-12-13-11(5-8-16)14-17-12/h8,10H,2-7,9H2,1H3. The highest BCUT2D eigenvalue weighted by Gasteiger charge is 2.20. The SMILES string of the molecule is CCN1CCC(Cc2nc(CC=O)no2)CC1. The second-order valence-electron chi connectivity index (χ2n) is 4.56. The first-order chi connectivity index (χ1) is 8.31. The lowest BCUT2D eigenvalue weighted by Gasteiger charge is -2.30. The van der Waals surface area contributed by atoms with Crippen molar-refractivity contribution in [2.24, 2.45) is 5.92 Å². The van der Waals surface area contributed by atoms with Crippen LogP contribution in [0.3, 0.4) is 0 Å². The molecule has 1 aliphatic heterocycles. The van der Waals surface area contributed by atoms with Gasteiger partial charge in [0.1, 0.15) is 6.29 Å². The fourth-order valence-electron chi connectivity index (χ4n) is 2.28. The minimum absolute atomic E-state index is 0.248. The first-order valence-corrected chi connectivity index (χ1v) is 6.29. The van der Waals surface area contributed by atoms with Crippen molar-refractivity contribution in [3.63, 3.8) is 0 Å². The predicted molar refractivity (Wildman–Crippen MR) is 62.6 cm³/mol. The van der Waals surface area contributed by atoms with E-state index in [1.807, 2.05) is 0 Å². The summed E-state index contributed by atoms with van der Waals surface area (Å²) in [7, 11) is 0. The summed E-state index contributed by atoms with van der Waals surface area (Å²) in [6.07, 6.45) is 4.29. The lowest BCUT2D eigenvalue weighted by molar-refractivity contribution is -0.107. The Morgan fingerprint density at radius 3 is 2.88 bits per heavy atom. The van der Waals surface area contributed by atoms with Crippen molar-refractivity contribution in [2.45, 2.75) is 32.6 Å². The van der Waals surface area contributed by atoms with Crippen LogP contribution in [-0.4, -0.2) is 41.0 Å². The maximum atomic E-state index is 10.3. The van der Waals surface area contributed by atoms with Gasteiger partial charge in [-0.15, -0.1) is 0 Å². The smallest absolute Gasteiger partial charge is 0.226 e. The van der Waals surface area contributed by atoms with Crippen LogP contribution in [0, 0.1) is 5.92 Å². The summed E-state index contributed by atoms with van der Waals surface area (Å²) in [6.45, 7) is 5.66. The molecule has 0 aromatic carbocycles. The Bertz CT molecular complexity index is 356. The number of nitrogens with zero attached hydrogens (tertiary/aromatic N) is 3. The highest BCUT2D eigenvalue weighted by Crippen LogP contribution is 2.20. The van der Waals surface area contributed by atoms with E-state index in [1.54, 1.807) is 0 Å². The lowest BCUT2D eigenvalue weighted by atomic mass is 9.93. The van der Waals surface area contributed by atoms with Gasteiger partial charge in [0.15, 0.2) is 5.82 Å². The maximum absolute atomic E-state index is 10.3. The average Bonchev–Trinajstić information content (AvgIpc) is 2.78. The summed E-state index contributed by atoms with van der Waals surface area (Å²) in [6, 6.07) is 0. The number of likely N-dealkylation sites (tertiary alicyclic amines) is 1. The van der Waals surface area contributed by atoms with E-state index in [1.165, 1.54) is 12.8 Å². The first-order valence-electron chi connectivity index (χ1n) is 6.29. The maximum Gasteiger partial charge on any atom is 0.226 e. The zero-order chi connectivity index (χ0) is 12.1. The van der Waals surface area contributed by atoms with Gasteiger partial charge in [-0.25, -0.2) is 0 Å². The second-order valence-corrected chi connectivity index (χ2v) is 4.56. The normalized spacial score (nSPS) is 18.4. The molecular formula is C12H19N3O2. The van der Waals surface area contributed by atoms with E-state index in [-0.39, 0.29) is 6.42 Å². The fourth-order valence-corrected chi connectivity index (χ4v) is 2.28. The van der Waals surface area contributed by atoms with Crippen LogP contribution in [-0.2, 0) is 17.6 Å². The van der Waals surface area contributed by atoms with E-state index in [0.717, 1.165) is 32.3 Å². The molecule has 0 amide bonds. The summed E-state index contributed by atoms with van der Waals surface area (Å²) >= 11 is 0. The van der Waals surface area contributed by atoms with Gasteiger partial charge in [0, 0.05) is 6.42 Å². The Kier molecular flexibility index (Phi) is 4.25. The number of carbonyl (C=O) groups is 1. The van der Waals surface area contributed by atoms with E-state index in [4.69, 9.17) is 4.52 Å². The summed E-state index contributed by atoms with van der Waals surface area (Å²) < 4.78 is 5.14. The van der Waals surface area contributed by atoms with Gasteiger partial charge in [0.2, 0.25) is 5.89 Å². The molecular weight excluding hydrogens is 218 g/mol. The van der Waals surface area contributed by atoms with Crippen molar-refractivity contribution >= 4 is 6.29 Å². The van der Waals surface area contributed by atoms with Gasteiger partial charge in [-0.1, -0.05) is 12.1 Å². The Hall–Kier alpha value is -1.23. The van der Waals surface area contributed by atoms with Crippen LogP contribution < -0.4 is 0 Å². The van der Waals surface area contributed by atoms with Crippen LogP contribution in [0.2, 0.25) is 0 Å². The molecule has 0 atom stereocenters. The average molecular weight is 237 g/mol. The highest BCUT2D eigenvalue weighted by atomic mass is 16.5. The number of carbonyl (C=O) groups excluding carboxylic acids is 1. The number of aromatic nitrogens is 2. The van der Waals surface area contributed by atoms with Crippen LogP contribution in [0.4, 0.5) is 0 Å². The molecule has 0 aliphatic carbocycles. The molecule has 2 rings (SSSR count). The molecule has 2 heterocycles. The third-order valence-corrected chi connectivity index (χ3v) is 3.39. The van der Waals surface area contributed by atoms with Gasteiger partial charge in [-0.05, 0) is 38.4 Å². The van der Waals surface area contributed by atoms with Crippen molar-refractivity contribution in [1.82, 2.24) is 15.0 Å². The molecule has 1 aliphatic rings. The summed E-state index contributed by atoms with van der Waals surface area (Å²) in [4.78, 5) is 17.0. The Balaban J connectivity index is 1.82. The summed E-state index contributed by atoms with van der Waals surface area (Å²) in [5.41, 5.74) is 0. The fraction of sp³-hybridized carbons (Fsp3) is 0.750. The van der Waals surface area contributed by atoms with Crippen LogP contribution in [0.15, 0.2) is 4.52 Å². The quantitative estimate of drug-likeness (QED) is 0.717. The molecule has 0 radical (unpaired) electrons. The van der Waals surface area contributed by atoms with Crippen LogP contribution in [0.5, 0.6) is 0 Å². The molecule has 0 spiro atoms. The van der Waals surface area contributed by atoms with Gasteiger partial charge in [0.25, 0.3) is 0 Å². The zero-order valence-electron chi connectivity index (χ0n) is 10.3. The number of hydrogen-bond donors (Lipinski definition) is 0. The van der Waals surface area contributed by atoms with Crippen molar-refractivity contribution in [2.75, 3.05) is 19.6 Å². The van der Waals surface area contributed by atoms with Gasteiger partial charge in [-0.3, -0.25) is 0 Å². The van der Waals surface area contributed by atoms with Crippen molar-refractivity contribution < 1.29 is 9.32 Å². The van der Waals surface area contributed by atoms with Crippen molar-refractivity contribution in [1.29, 1.82) is 0 Å². The monoisotopic (exact) mass is 237 g/mol. The number of aldehydes is 1. The van der Waals surface area contributed by atoms with E-state index in [0.29, 0.717) is 17.6 Å². The molecule has 94 valence electrons. The molecule has 0 unspecified atom stereocenters. The zero-order valence-corrected chi connectivity index (χ0v) is 10.3. The Morgan fingerprint density at radius 1 is 1.47 bits per heavy atom. The molecule has 0 bridgehead atoms. The second kappa shape index (κ2) is 5.91. The number of hydrogen-bond acceptors (Lipinski definition) is 5. The number of piperidine rings is 1. The van der Waals surface area contributed by atoms with E-state index < -0.39 is 0 Å². The summed E-state index contributed by atoms with van der Waals surface area (Å²) in [5, 5.41) is 3.77. The van der Waals surface area contributed by atoms with Gasteiger partial charge < -0.3 is 14.2 Å². The number of rotatable bonds is 5. The van der Waals surface area contributed by atoms with Gasteiger partial charge >= 0.3 is 0 Å². The molecule has 5 nitrogen and oxygen atoms in total. The minimum Gasteiger partial charge on any atom is -0.339 e. The Labute approximate surface area is 101 Å². The van der Waals surface area contributed by atoms with Crippen molar-refractivity contribution in [3.8, 4) is 0 Å². The van der Waals surface area contributed by atoms with Crippen LogP contribution >= 0.6 is 0 Å². The molecule has 1 aromatic heterocycles. The van der Waals surface area contributed by atoms with E-state index in [9.17, 15) is 4.79 Å². The molecule has 1 saturated heterocycles. The lowest BCUT2D eigenvalue weighted by Crippen LogP contribution is -2.34. The topological polar surface area (TPSA) is 59.2 Å². The third-order valence-electron chi connectivity index (χ3n) is 3.39. The predicted octanol–water partition coefficient (Wildman–Crippen LogP) is 1.09. The first kappa shape index (κ1) is 12.2. The molecule has 0 N–H and O–H groups in total. The van der Waals surface area contributed by atoms with Crippen molar-refractivity contribution in [3.05, 3.63) is 11.7 Å². The minimum atomic E-state index is 0.248. The third kappa shape index (κ3) is 3.36. The van der Waals surface area contributed by atoms with E-state index in [2.05, 4.69) is 22.0 Å². The summed E-state index contributed by atoms with van der Waals surface area (Å²) in [5.74, 6) is 1.82. The van der Waals surface area contributed by atoms with Crippen LogP contribution in [0.25, 0.3) is 0 Å². The highest BCUT2D eigenvalue weighted by molar-refractivity contribution is 5.52. The van der Waals surface area contributed by atoms with Crippen LogP contribution in [0.1, 0.15) is 31.5 Å². The van der Waals surface area contributed by atoms with Gasteiger partial charge in [-0.2, -0.15) is 4.98 Å².